The predicted octanol–water partition coefficient (Wildman–Crippen LogP) is 1.52. The lowest BCUT2D eigenvalue weighted by atomic mass is 10.5. The molecule has 0 saturated carbocycles. The average Bonchev–Trinajstić information content (AvgIpc) is 1.81. The third kappa shape index (κ3) is 4.19. The highest BCUT2D eigenvalue weighted by Gasteiger charge is 2.20. The van der Waals surface area contributed by atoms with Gasteiger partial charge in [-0.25, -0.2) is 0 Å². The van der Waals surface area contributed by atoms with E-state index in [0.29, 0.717) is 17.1 Å². The third-order valence-electron chi connectivity index (χ3n) is 2.15. The quantitative estimate of drug-likeness (QED) is 0.644. The minimum absolute atomic E-state index is 0.121. The van der Waals surface area contributed by atoms with Crippen LogP contribution in [-0.2, 0) is 4.79 Å². The summed E-state index contributed by atoms with van der Waals surface area (Å²) in [5, 5.41) is 0. The first-order chi connectivity index (χ1) is 4.95. The summed E-state index contributed by atoms with van der Waals surface area (Å²) >= 11 is 0. The van der Waals surface area contributed by atoms with Gasteiger partial charge in [0.1, 0.15) is 0 Å². The van der Waals surface area contributed by atoms with Crippen molar-refractivity contribution in [3.8, 4) is 0 Å². The van der Waals surface area contributed by atoms with Gasteiger partial charge < -0.3 is 5.73 Å². The normalized spacial score (nSPS) is 11.5. The molecule has 0 spiro atoms. The van der Waals surface area contributed by atoms with E-state index in [4.69, 9.17) is 5.73 Å². The van der Waals surface area contributed by atoms with E-state index in [1.807, 2.05) is 0 Å². The molecule has 0 aliphatic rings. The summed E-state index contributed by atoms with van der Waals surface area (Å²) in [6, 6.07) is 0.662. The monoisotopic (exact) mass is 173 g/mol. The van der Waals surface area contributed by atoms with Crippen molar-refractivity contribution in [1.82, 2.24) is 0 Å². The molecule has 0 saturated heterocycles. The van der Waals surface area contributed by atoms with Crippen LogP contribution in [0.5, 0.6) is 0 Å². The van der Waals surface area contributed by atoms with Crippen LogP contribution < -0.4 is 5.73 Å². The van der Waals surface area contributed by atoms with Crippen molar-refractivity contribution in [3.63, 3.8) is 0 Å². The van der Waals surface area contributed by atoms with E-state index in [0.717, 1.165) is 0 Å². The van der Waals surface area contributed by atoms with Gasteiger partial charge in [-0.3, -0.25) is 4.79 Å². The molecule has 0 unspecified atom stereocenters. The van der Waals surface area contributed by atoms with Gasteiger partial charge in [0.05, 0.1) is 8.80 Å². The van der Waals surface area contributed by atoms with E-state index in [1.54, 1.807) is 0 Å². The van der Waals surface area contributed by atoms with Crippen LogP contribution in [0.4, 0.5) is 0 Å². The van der Waals surface area contributed by atoms with Gasteiger partial charge in [-0.2, -0.15) is 0 Å². The summed E-state index contributed by atoms with van der Waals surface area (Å²) in [5.41, 5.74) is 6.53. The van der Waals surface area contributed by atoms with Gasteiger partial charge in [0, 0.05) is 6.04 Å². The van der Waals surface area contributed by atoms with Crippen molar-refractivity contribution in [1.29, 1.82) is 0 Å². The molecule has 2 nitrogen and oxygen atoms in total. The second-order valence-electron chi connectivity index (χ2n) is 3.82. The number of carbonyl (C=O) groups excluding carboxylic acids is 1. The topological polar surface area (TPSA) is 43.1 Å². The molecule has 0 aromatic heterocycles. The van der Waals surface area contributed by atoms with Gasteiger partial charge in [-0.15, -0.1) is 0 Å². The van der Waals surface area contributed by atoms with Crippen LogP contribution in [0.1, 0.15) is 27.7 Å². The second kappa shape index (κ2) is 4.54. The summed E-state index contributed by atoms with van der Waals surface area (Å²) < 4.78 is 0. The molecule has 2 N–H and O–H groups in total. The molecule has 0 atom stereocenters. The highest BCUT2D eigenvalue weighted by Crippen LogP contribution is 2.22. The number of rotatable bonds is 4. The fourth-order valence-electron chi connectivity index (χ4n) is 1.47. The molecule has 0 aliphatic carbocycles. The van der Waals surface area contributed by atoms with Gasteiger partial charge in [-0.1, -0.05) is 38.8 Å². The summed E-state index contributed by atoms with van der Waals surface area (Å²) in [7, 11) is -0.913. The van der Waals surface area contributed by atoms with Gasteiger partial charge in [0.15, 0.2) is 0 Å². The minimum Gasteiger partial charge on any atom is -0.370 e. The third-order valence-corrected chi connectivity index (χ3v) is 6.45. The second-order valence-corrected chi connectivity index (χ2v) is 8.22. The molecule has 0 aromatic carbocycles. The molecule has 0 bridgehead atoms. The Hall–Kier alpha value is -0.313. The van der Waals surface area contributed by atoms with E-state index >= 15 is 0 Å². The summed E-state index contributed by atoms with van der Waals surface area (Å²) in [4.78, 5) is 10.7. The first-order valence-corrected chi connectivity index (χ1v) is 6.38. The molecule has 1 amide bonds. The zero-order chi connectivity index (χ0) is 9.02. The fourth-order valence-corrected chi connectivity index (χ4v) is 4.42. The Balaban J connectivity index is 4.00. The standard InChI is InChI=1S/C8H19NOSi/c1-6(2)11(7(3)4)5-8(9)10/h6-7,11H,5H2,1-4H3,(H2,9,10). The van der Waals surface area contributed by atoms with E-state index in [9.17, 15) is 4.79 Å². The minimum atomic E-state index is -0.913. The molecule has 66 valence electrons. The number of nitrogens with two attached hydrogens (primary N) is 1. The lowest BCUT2D eigenvalue weighted by Crippen LogP contribution is -2.27. The predicted molar refractivity (Wildman–Crippen MR) is 51.3 cm³/mol. The Bertz CT molecular complexity index is 126. The molecule has 11 heavy (non-hydrogen) atoms. The molecular formula is C8H19NOSi. The van der Waals surface area contributed by atoms with E-state index < -0.39 is 8.80 Å². The maximum absolute atomic E-state index is 10.7. The Morgan fingerprint density at radius 1 is 1.27 bits per heavy atom. The van der Waals surface area contributed by atoms with Crippen molar-refractivity contribution >= 4 is 14.7 Å². The lowest BCUT2D eigenvalue weighted by molar-refractivity contribution is -0.116. The lowest BCUT2D eigenvalue weighted by Gasteiger charge is -2.21. The Morgan fingerprint density at radius 2 is 1.64 bits per heavy atom. The van der Waals surface area contributed by atoms with Crippen LogP contribution in [0.15, 0.2) is 0 Å². The maximum atomic E-state index is 10.7. The first kappa shape index (κ1) is 10.7. The molecule has 0 aromatic rings. The van der Waals surface area contributed by atoms with Crippen molar-refractivity contribution in [3.05, 3.63) is 0 Å². The number of primary amides is 1. The number of hydrogen-bond donors (Lipinski definition) is 1. The molecular weight excluding hydrogens is 154 g/mol. The highest BCUT2D eigenvalue weighted by atomic mass is 28.3. The van der Waals surface area contributed by atoms with E-state index in [-0.39, 0.29) is 5.91 Å². The van der Waals surface area contributed by atoms with Gasteiger partial charge in [0.2, 0.25) is 5.91 Å². The molecule has 0 heterocycles. The molecule has 0 aliphatic heterocycles. The summed E-state index contributed by atoms with van der Waals surface area (Å²) in [6.45, 7) is 8.78. The molecule has 3 heteroatoms. The fraction of sp³-hybridized carbons (Fsp3) is 0.875. The molecule has 0 radical (unpaired) electrons. The summed E-state index contributed by atoms with van der Waals surface area (Å²) in [5.74, 6) is -0.121. The van der Waals surface area contributed by atoms with Gasteiger partial charge in [-0.05, 0) is 0 Å². The van der Waals surface area contributed by atoms with Crippen molar-refractivity contribution in [2.75, 3.05) is 0 Å². The molecule has 0 fully saturated rings. The SMILES string of the molecule is CC(C)[SiH](CC(N)=O)C(C)C. The average molecular weight is 173 g/mol. The van der Waals surface area contributed by atoms with Crippen molar-refractivity contribution < 1.29 is 4.79 Å². The van der Waals surface area contributed by atoms with Gasteiger partial charge in [0.25, 0.3) is 0 Å². The van der Waals surface area contributed by atoms with Crippen LogP contribution >= 0.6 is 0 Å². The smallest absolute Gasteiger partial charge is 0.214 e. The number of carbonyl (C=O) groups is 1. The van der Waals surface area contributed by atoms with E-state index in [1.165, 1.54) is 0 Å². The largest absolute Gasteiger partial charge is 0.370 e. The van der Waals surface area contributed by atoms with Gasteiger partial charge >= 0.3 is 0 Å². The highest BCUT2D eigenvalue weighted by molar-refractivity contribution is 6.65. The Morgan fingerprint density at radius 3 is 1.73 bits per heavy atom. The Labute approximate surface area is 70.8 Å². The van der Waals surface area contributed by atoms with Crippen LogP contribution in [-0.4, -0.2) is 14.7 Å². The zero-order valence-corrected chi connectivity index (χ0v) is 9.08. The number of amides is 1. The summed E-state index contributed by atoms with van der Waals surface area (Å²) in [6.07, 6.45) is 0. The van der Waals surface area contributed by atoms with Crippen molar-refractivity contribution in [2.24, 2.45) is 5.73 Å². The zero-order valence-electron chi connectivity index (χ0n) is 7.92. The Kier molecular flexibility index (Phi) is 4.41. The maximum Gasteiger partial charge on any atom is 0.214 e. The van der Waals surface area contributed by atoms with Crippen LogP contribution in [0.3, 0.4) is 0 Å². The molecule has 0 rings (SSSR count). The van der Waals surface area contributed by atoms with Crippen LogP contribution in [0, 0.1) is 0 Å². The van der Waals surface area contributed by atoms with Crippen molar-refractivity contribution in [2.45, 2.75) is 44.8 Å². The first-order valence-electron chi connectivity index (χ1n) is 4.23. The van der Waals surface area contributed by atoms with Crippen LogP contribution in [0.2, 0.25) is 17.1 Å². The van der Waals surface area contributed by atoms with Crippen LogP contribution in [0.25, 0.3) is 0 Å². The van der Waals surface area contributed by atoms with E-state index in [2.05, 4.69) is 27.7 Å². The number of hydrogen-bond acceptors (Lipinski definition) is 1.